The number of aliphatic hydroxyl groups is 1. The van der Waals surface area contributed by atoms with Crippen LogP contribution in [-0.2, 0) is 0 Å². The molecule has 2 unspecified atom stereocenters. The molecule has 4 nitrogen and oxygen atoms in total. The standard InChI is InChI=1S/C13H17FN2O2/c1-13(8-17)7-3-5-10(13)16-12(18)9-4-2-6-11(14)15-9/h2,4,6,10,17H,3,5,7-8H2,1H3,(H,16,18). The Morgan fingerprint density at radius 1 is 1.67 bits per heavy atom. The molecule has 1 aromatic heterocycles. The summed E-state index contributed by atoms with van der Waals surface area (Å²) in [5.74, 6) is -1.06. The summed E-state index contributed by atoms with van der Waals surface area (Å²) < 4.78 is 12.9. The van der Waals surface area contributed by atoms with E-state index < -0.39 is 5.95 Å². The van der Waals surface area contributed by atoms with Gasteiger partial charge in [0.15, 0.2) is 0 Å². The molecule has 0 bridgehead atoms. The molecular weight excluding hydrogens is 235 g/mol. The second kappa shape index (κ2) is 5.02. The second-order valence-corrected chi connectivity index (χ2v) is 5.08. The maximum atomic E-state index is 12.9. The highest BCUT2D eigenvalue weighted by molar-refractivity contribution is 5.92. The molecule has 5 heteroatoms. The molecule has 0 aliphatic heterocycles. The zero-order valence-electron chi connectivity index (χ0n) is 10.3. The Balaban J connectivity index is 2.08. The molecule has 2 atom stereocenters. The lowest BCUT2D eigenvalue weighted by Crippen LogP contribution is -2.45. The number of aliphatic hydroxyl groups excluding tert-OH is 1. The summed E-state index contributed by atoms with van der Waals surface area (Å²) in [5.41, 5.74) is -0.217. The molecule has 1 heterocycles. The van der Waals surface area contributed by atoms with Crippen LogP contribution in [0.4, 0.5) is 4.39 Å². The van der Waals surface area contributed by atoms with Crippen LogP contribution >= 0.6 is 0 Å². The first-order chi connectivity index (χ1) is 8.55. The van der Waals surface area contributed by atoms with Gasteiger partial charge in [-0.3, -0.25) is 4.79 Å². The third-order valence-electron chi connectivity index (χ3n) is 3.70. The topological polar surface area (TPSA) is 62.2 Å². The van der Waals surface area contributed by atoms with Crippen LogP contribution in [-0.4, -0.2) is 28.6 Å². The van der Waals surface area contributed by atoms with E-state index in [9.17, 15) is 14.3 Å². The van der Waals surface area contributed by atoms with Gasteiger partial charge in [0.25, 0.3) is 5.91 Å². The fourth-order valence-electron chi connectivity index (χ4n) is 2.44. The van der Waals surface area contributed by atoms with Crippen molar-refractivity contribution >= 4 is 5.91 Å². The monoisotopic (exact) mass is 252 g/mol. The van der Waals surface area contributed by atoms with Crippen molar-refractivity contribution in [2.75, 3.05) is 6.61 Å². The number of carbonyl (C=O) groups is 1. The summed E-state index contributed by atoms with van der Waals surface area (Å²) in [5, 5.41) is 12.2. The van der Waals surface area contributed by atoms with Gasteiger partial charge in [0.05, 0.1) is 6.61 Å². The molecule has 18 heavy (non-hydrogen) atoms. The number of pyridine rings is 1. The van der Waals surface area contributed by atoms with Crippen molar-refractivity contribution in [2.45, 2.75) is 32.2 Å². The van der Waals surface area contributed by atoms with Gasteiger partial charge in [0.2, 0.25) is 5.95 Å². The van der Waals surface area contributed by atoms with Crippen molar-refractivity contribution in [1.82, 2.24) is 10.3 Å². The molecule has 0 spiro atoms. The maximum Gasteiger partial charge on any atom is 0.270 e. The van der Waals surface area contributed by atoms with E-state index in [1.807, 2.05) is 6.92 Å². The van der Waals surface area contributed by atoms with Gasteiger partial charge in [0, 0.05) is 11.5 Å². The molecule has 0 radical (unpaired) electrons. The minimum absolute atomic E-state index is 0.0362. The minimum Gasteiger partial charge on any atom is -0.396 e. The van der Waals surface area contributed by atoms with Crippen molar-refractivity contribution < 1.29 is 14.3 Å². The smallest absolute Gasteiger partial charge is 0.270 e. The van der Waals surface area contributed by atoms with E-state index in [4.69, 9.17) is 0 Å². The molecule has 2 rings (SSSR count). The summed E-state index contributed by atoms with van der Waals surface area (Å²) >= 11 is 0. The lowest BCUT2D eigenvalue weighted by Gasteiger charge is -2.29. The van der Waals surface area contributed by atoms with E-state index in [1.165, 1.54) is 18.2 Å². The number of hydrogen-bond donors (Lipinski definition) is 2. The lowest BCUT2D eigenvalue weighted by molar-refractivity contribution is 0.0825. The Morgan fingerprint density at radius 2 is 2.44 bits per heavy atom. The molecule has 1 aromatic rings. The van der Waals surface area contributed by atoms with E-state index in [2.05, 4.69) is 10.3 Å². The average Bonchev–Trinajstić information content (AvgIpc) is 2.72. The molecule has 98 valence electrons. The van der Waals surface area contributed by atoms with Crippen molar-refractivity contribution in [1.29, 1.82) is 0 Å². The number of nitrogens with one attached hydrogen (secondary N) is 1. The molecule has 1 fully saturated rings. The number of aromatic nitrogens is 1. The SMILES string of the molecule is CC1(CO)CCCC1NC(=O)c1cccc(F)n1. The predicted octanol–water partition coefficient (Wildman–Crippen LogP) is 1.50. The normalized spacial score (nSPS) is 27.2. The summed E-state index contributed by atoms with van der Waals surface area (Å²) in [4.78, 5) is 15.5. The first-order valence-electron chi connectivity index (χ1n) is 6.09. The van der Waals surface area contributed by atoms with Gasteiger partial charge >= 0.3 is 0 Å². The van der Waals surface area contributed by atoms with Crippen LogP contribution in [0.1, 0.15) is 36.7 Å². The number of halogens is 1. The minimum atomic E-state index is -0.668. The van der Waals surface area contributed by atoms with E-state index in [0.717, 1.165) is 19.3 Å². The van der Waals surface area contributed by atoms with Crippen LogP contribution in [0.3, 0.4) is 0 Å². The summed E-state index contributed by atoms with van der Waals surface area (Å²) in [7, 11) is 0. The number of carbonyl (C=O) groups excluding carboxylic acids is 1. The van der Waals surface area contributed by atoms with Crippen LogP contribution in [0, 0.1) is 11.4 Å². The molecule has 0 saturated heterocycles. The molecular formula is C13H17FN2O2. The highest BCUT2D eigenvalue weighted by Gasteiger charge is 2.39. The zero-order chi connectivity index (χ0) is 13.2. The summed E-state index contributed by atoms with van der Waals surface area (Å²) in [6, 6.07) is 4.05. The van der Waals surface area contributed by atoms with E-state index >= 15 is 0 Å². The lowest BCUT2D eigenvalue weighted by atomic mass is 9.86. The van der Waals surface area contributed by atoms with Crippen LogP contribution in [0.2, 0.25) is 0 Å². The van der Waals surface area contributed by atoms with Crippen LogP contribution in [0.15, 0.2) is 18.2 Å². The maximum absolute atomic E-state index is 12.9. The fourth-order valence-corrected chi connectivity index (χ4v) is 2.44. The summed E-state index contributed by atoms with van der Waals surface area (Å²) in [6.45, 7) is 1.98. The van der Waals surface area contributed by atoms with Gasteiger partial charge in [-0.05, 0) is 25.0 Å². The third-order valence-corrected chi connectivity index (χ3v) is 3.70. The number of amides is 1. The van der Waals surface area contributed by atoms with E-state index in [-0.39, 0.29) is 29.7 Å². The van der Waals surface area contributed by atoms with E-state index in [0.29, 0.717) is 0 Å². The van der Waals surface area contributed by atoms with Gasteiger partial charge in [-0.15, -0.1) is 0 Å². The van der Waals surface area contributed by atoms with Crippen molar-refractivity contribution in [3.05, 3.63) is 29.8 Å². The highest BCUT2D eigenvalue weighted by Crippen LogP contribution is 2.37. The van der Waals surface area contributed by atoms with Gasteiger partial charge in [-0.1, -0.05) is 19.4 Å². The largest absolute Gasteiger partial charge is 0.396 e. The Morgan fingerprint density at radius 3 is 3.11 bits per heavy atom. The van der Waals surface area contributed by atoms with Gasteiger partial charge in [-0.2, -0.15) is 4.39 Å². The Bertz CT molecular complexity index is 452. The average molecular weight is 252 g/mol. The first kappa shape index (κ1) is 13.0. The highest BCUT2D eigenvalue weighted by atomic mass is 19.1. The van der Waals surface area contributed by atoms with E-state index in [1.54, 1.807) is 0 Å². The van der Waals surface area contributed by atoms with Crippen molar-refractivity contribution in [3.63, 3.8) is 0 Å². The quantitative estimate of drug-likeness (QED) is 0.801. The molecule has 1 amide bonds. The number of nitrogens with zero attached hydrogens (tertiary/aromatic N) is 1. The Hall–Kier alpha value is -1.49. The molecule has 1 aliphatic carbocycles. The molecule has 1 saturated carbocycles. The first-order valence-corrected chi connectivity index (χ1v) is 6.09. The van der Waals surface area contributed by atoms with Crippen LogP contribution < -0.4 is 5.32 Å². The fraction of sp³-hybridized carbons (Fsp3) is 0.538. The van der Waals surface area contributed by atoms with Crippen molar-refractivity contribution in [2.24, 2.45) is 5.41 Å². The zero-order valence-corrected chi connectivity index (χ0v) is 10.3. The Kier molecular flexibility index (Phi) is 3.61. The van der Waals surface area contributed by atoms with Gasteiger partial charge < -0.3 is 10.4 Å². The molecule has 2 N–H and O–H groups in total. The summed E-state index contributed by atoms with van der Waals surface area (Å²) in [6.07, 6.45) is 2.68. The van der Waals surface area contributed by atoms with Crippen LogP contribution in [0.5, 0.6) is 0 Å². The second-order valence-electron chi connectivity index (χ2n) is 5.08. The third kappa shape index (κ3) is 2.51. The van der Waals surface area contributed by atoms with Gasteiger partial charge in [0.1, 0.15) is 5.69 Å². The number of rotatable bonds is 3. The Labute approximate surface area is 105 Å². The molecule has 0 aromatic carbocycles. The van der Waals surface area contributed by atoms with Crippen LogP contribution in [0.25, 0.3) is 0 Å². The number of hydrogen-bond acceptors (Lipinski definition) is 3. The molecule has 1 aliphatic rings. The van der Waals surface area contributed by atoms with Gasteiger partial charge in [-0.25, -0.2) is 4.98 Å². The van der Waals surface area contributed by atoms with Crippen molar-refractivity contribution in [3.8, 4) is 0 Å². The predicted molar refractivity (Wildman–Crippen MR) is 64.5 cm³/mol.